The highest BCUT2D eigenvalue weighted by Crippen LogP contribution is 2.46. The standard InChI is InChI=1S/C18H17NOS2/c1-14-17(21-13-19-14)18(22(2)20,15-9-5-3-6-10-15)16-11-7-4-8-12-16/h3-13H,1-2H3. The maximum Gasteiger partial charge on any atom is 0.211 e. The second kappa shape index (κ2) is 6.24. The van der Waals surface area contributed by atoms with Crippen LogP contribution in [0.3, 0.4) is 0 Å². The fraction of sp³-hybridized carbons (Fsp3) is 0.167. The summed E-state index contributed by atoms with van der Waals surface area (Å²) in [4.78, 5) is 5.45. The van der Waals surface area contributed by atoms with E-state index in [2.05, 4.69) is 4.98 Å². The van der Waals surface area contributed by atoms with E-state index in [1.165, 1.54) is 0 Å². The second-order valence-electron chi connectivity index (χ2n) is 5.13. The molecule has 3 rings (SSSR count). The summed E-state index contributed by atoms with van der Waals surface area (Å²) in [5, 5.41) is 0. The number of hydrogen-bond donors (Lipinski definition) is 0. The molecule has 0 aliphatic heterocycles. The zero-order chi connectivity index (χ0) is 15.6. The van der Waals surface area contributed by atoms with Crippen LogP contribution in [0.15, 0.2) is 66.2 Å². The molecular formula is C18H17NOS2. The van der Waals surface area contributed by atoms with Crippen molar-refractivity contribution in [3.05, 3.63) is 87.9 Å². The summed E-state index contributed by atoms with van der Waals surface area (Å²) >= 11 is 0.437. The summed E-state index contributed by atoms with van der Waals surface area (Å²) in [6.07, 6.45) is 1.78. The van der Waals surface area contributed by atoms with Crippen LogP contribution in [0.25, 0.3) is 0 Å². The molecule has 2 aromatic carbocycles. The van der Waals surface area contributed by atoms with E-state index in [0.29, 0.717) is 0 Å². The summed E-state index contributed by atoms with van der Waals surface area (Å²) in [5.41, 5.74) is 4.84. The lowest BCUT2D eigenvalue weighted by Gasteiger charge is -2.34. The predicted molar refractivity (Wildman–Crippen MR) is 93.7 cm³/mol. The van der Waals surface area contributed by atoms with Gasteiger partial charge in [-0.3, -0.25) is 0 Å². The van der Waals surface area contributed by atoms with Crippen LogP contribution >= 0.6 is 11.3 Å². The first-order valence-corrected chi connectivity index (χ1v) is 9.46. The van der Waals surface area contributed by atoms with Gasteiger partial charge in [0.05, 0.1) is 22.3 Å². The number of aromatic nitrogens is 1. The predicted octanol–water partition coefficient (Wildman–Crippen LogP) is 4.12. The Hall–Kier alpha value is -1.62. The molecule has 22 heavy (non-hydrogen) atoms. The number of nitrogens with zero attached hydrogens (tertiary/aromatic N) is 1. The zero-order valence-electron chi connectivity index (χ0n) is 12.5. The van der Waals surface area contributed by atoms with Crippen LogP contribution in [0.2, 0.25) is 0 Å². The first kappa shape index (κ1) is 15.3. The topological polar surface area (TPSA) is 36.0 Å². The van der Waals surface area contributed by atoms with E-state index in [-0.39, 0.29) is 0 Å². The minimum absolute atomic E-state index is 0.673. The van der Waals surface area contributed by atoms with Crippen LogP contribution in [0, 0.1) is 6.92 Å². The lowest BCUT2D eigenvalue weighted by Crippen LogP contribution is -2.37. The average molecular weight is 327 g/mol. The lowest BCUT2D eigenvalue weighted by atomic mass is 9.88. The molecule has 0 saturated heterocycles. The molecule has 1 unspecified atom stereocenters. The van der Waals surface area contributed by atoms with Crippen molar-refractivity contribution in [2.24, 2.45) is 0 Å². The molecule has 4 heteroatoms. The van der Waals surface area contributed by atoms with Crippen molar-refractivity contribution in [2.75, 3.05) is 6.26 Å². The fourth-order valence-electron chi connectivity index (χ4n) is 2.88. The Morgan fingerprint density at radius 2 is 1.45 bits per heavy atom. The van der Waals surface area contributed by atoms with Crippen LogP contribution < -0.4 is 0 Å². The number of rotatable bonds is 4. The van der Waals surface area contributed by atoms with Crippen molar-refractivity contribution in [1.82, 2.24) is 4.98 Å². The molecule has 1 heterocycles. The third-order valence-corrected chi connectivity index (χ3v) is 6.57. The Morgan fingerprint density at radius 3 is 1.82 bits per heavy atom. The van der Waals surface area contributed by atoms with Gasteiger partial charge in [0.2, 0.25) is 4.75 Å². The lowest BCUT2D eigenvalue weighted by molar-refractivity contribution is 0.578. The molecule has 0 radical (unpaired) electrons. The Morgan fingerprint density at radius 1 is 0.955 bits per heavy atom. The largest absolute Gasteiger partial charge is 0.615 e. The first-order valence-electron chi connectivity index (χ1n) is 7.02. The fourth-order valence-corrected chi connectivity index (χ4v) is 5.66. The molecular weight excluding hydrogens is 310 g/mol. The van der Waals surface area contributed by atoms with E-state index < -0.39 is 15.9 Å². The van der Waals surface area contributed by atoms with Gasteiger partial charge in [-0.1, -0.05) is 60.7 Å². The summed E-state index contributed by atoms with van der Waals surface area (Å²) in [6, 6.07) is 20.1. The smallest absolute Gasteiger partial charge is 0.211 e. The van der Waals surface area contributed by atoms with E-state index in [4.69, 9.17) is 0 Å². The van der Waals surface area contributed by atoms with Crippen molar-refractivity contribution in [1.29, 1.82) is 0 Å². The third-order valence-electron chi connectivity index (χ3n) is 3.86. The minimum Gasteiger partial charge on any atom is -0.615 e. The summed E-state index contributed by atoms with van der Waals surface area (Å²) in [5.74, 6) is 0. The Kier molecular flexibility index (Phi) is 4.34. The molecule has 1 aromatic heterocycles. The van der Waals surface area contributed by atoms with E-state index in [0.717, 1.165) is 21.7 Å². The van der Waals surface area contributed by atoms with Crippen LogP contribution in [0.5, 0.6) is 0 Å². The third kappa shape index (κ3) is 2.37. The quantitative estimate of drug-likeness (QED) is 0.676. The molecule has 2 nitrogen and oxygen atoms in total. The normalized spacial score (nSPS) is 13.0. The average Bonchev–Trinajstić information content (AvgIpc) is 2.97. The van der Waals surface area contributed by atoms with Gasteiger partial charge in [0.1, 0.15) is 0 Å². The second-order valence-corrected chi connectivity index (χ2v) is 7.51. The summed E-state index contributed by atoms with van der Waals surface area (Å²) < 4.78 is 12.3. The highest BCUT2D eigenvalue weighted by Gasteiger charge is 2.48. The summed E-state index contributed by atoms with van der Waals surface area (Å²) in [7, 11) is 0. The molecule has 0 aliphatic carbocycles. The van der Waals surface area contributed by atoms with E-state index in [1.54, 1.807) is 17.6 Å². The molecule has 0 spiro atoms. The maximum atomic E-state index is 13.0. The number of benzene rings is 2. The Labute approximate surface area is 138 Å². The van der Waals surface area contributed by atoms with Gasteiger partial charge < -0.3 is 4.55 Å². The van der Waals surface area contributed by atoms with Crippen LogP contribution in [-0.2, 0) is 15.9 Å². The van der Waals surface area contributed by atoms with E-state index in [9.17, 15) is 4.55 Å². The molecule has 0 aliphatic rings. The van der Waals surface area contributed by atoms with E-state index in [1.807, 2.05) is 73.1 Å². The molecule has 0 amide bonds. The van der Waals surface area contributed by atoms with Crippen LogP contribution in [0.1, 0.15) is 21.7 Å². The monoisotopic (exact) mass is 327 g/mol. The Balaban J connectivity index is 2.37. The van der Waals surface area contributed by atoms with Crippen molar-refractivity contribution >= 4 is 22.5 Å². The van der Waals surface area contributed by atoms with Crippen molar-refractivity contribution in [3.8, 4) is 0 Å². The van der Waals surface area contributed by atoms with Crippen molar-refractivity contribution < 1.29 is 4.55 Å². The van der Waals surface area contributed by atoms with Gasteiger partial charge in [0.15, 0.2) is 0 Å². The molecule has 0 N–H and O–H groups in total. The van der Waals surface area contributed by atoms with Gasteiger partial charge in [-0.25, -0.2) is 4.98 Å². The molecule has 1 atom stereocenters. The van der Waals surface area contributed by atoms with E-state index >= 15 is 0 Å². The van der Waals surface area contributed by atoms with Gasteiger partial charge >= 0.3 is 0 Å². The molecule has 0 bridgehead atoms. The van der Waals surface area contributed by atoms with Crippen LogP contribution in [-0.4, -0.2) is 15.8 Å². The SMILES string of the molecule is Cc1ncsc1C(c1ccccc1)(c1ccccc1)[S+](C)[O-]. The zero-order valence-corrected chi connectivity index (χ0v) is 14.2. The maximum absolute atomic E-state index is 13.0. The highest BCUT2D eigenvalue weighted by atomic mass is 32.2. The van der Waals surface area contributed by atoms with Gasteiger partial charge in [-0.05, 0) is 18.1 Å². The number of hydrogen-bond acceptors (Lipinski definition) is 3. The molecule has 112 valence electrons. The molecule has 0 fully saturated rings. The number of aryl methyl sites for hydroxylation is 1. The first-order chi connectivity index (χ1) is 10.7. The van der Waals surface area contributed by atoms with Crippen molar-refractivity contribution in [3.63, 3.8) is 0 Å². The summed E-state index contributed by atoms with van der Waals surface area (Å²) in [6.45, 7) is 1.99. The van der Waals surface area contributed by atoms with Crippen molar-refractivity contribution in [2.45, 2.75) is 11.7 Å². The molecule has 0 saturated carbocycles. The Bertz CT molecular complexity index is 699. The minimum atomic E-state index is -1.13. The van der Waals surface area contributed by atoms with Gasteiger partial charge in [0.25, 0.3) is 0 Å². The van der Waals surface area contributed by atoms with Crippen LogP contribution in [0.4, 0.5) is 0 Å². The number of thiazole rings is 1. The van der Waals surface area contributed by atoms with Gasteiger partial charge in [-0.2, -0.15) is 0 Å². The van der Waals surface area contributed by atoms with Gasteiger partial charge in [-0.15, -0.1) is 11.3 Å². The highest BCUT2D eigenvalue weighted by molar-refractivity contribution is 7.92. The van der Waals surface area contributed by atoms with Gasteiger partial charge in [0, 0.05) is 11.1 Å². The molecule has 3 aromatic rings.